The van der Waals surface area contributed by atoms with E-state index in [0.717, 1.165) is 11.1 Å². The summed E-state index contributed by atoms with van der Waals surface area (Å²) in [6.45, 7) is 3.77. The quantitative estimate of drug-likeness (QED) is 0.912. The Kier molecular flexibility index (Phi) is 4.25. The Labute approximate surface area is 122 Å². The van der Waals surface area contributed by atoms with E-state index >= 15 is 0 Å². The molecule has 2 rings (SSSR count). The predicted molar refractivity (Wildman–Crippen MR) is 82.8 cm³/mol. The van der Waals surface area contributed by atoms with E-state index in [-0.39, 0.29) is 11.5 Å². The van der Waals surface area contributed by atoms with E-state index in [0.29, 0.717) is 22.7 Å². The zero-order chi connectivity index (χ0) is 14.7. The molecule has 1 aromatic carbocycles. The summed E-state index contributed by atoms with van der Waals surface area (Å²) >= 11 is 5.97. The number of aromatic amines is 1. The summed E-state index contributed by atoms with van der Waals surface area (Å²) in [7, 11) is 0. The van der Waals surface area contributed by atoms with E-state index in [1.165, 1.54) is 0 Å². The number of anilines is 1. The molecule has 3 N–H and O–H groups in total. The van der Waals surface area contributed by atoms with Crippen LogP contribution in [0.3, 0.4) is 0 Å². The molecule has 0 radical (unpaired) electrons. The van der Waals surface area contributed by atoms with Gasteiger partial charge < -0.3 is 5.73 Å². The van der Waals surface area contributed by atoms with Gasteiger partial charge in [-0.25, -0.2) is 4.98 Å². The van der Waals surface area contributed by atoms with E-state index in [1.54, 1.807) is 6.92 Å². The number of aromatic nitrogens is 2. The Morgan fingerprint density at radius 2 is 2.25 bits per heavy atom. The van der Waals surface area contributed by atoms with Crippen molar-refractivity contribution in [2.75, 3.05) is 5.73 Å². The monoisotopic (exact) mass is 289 g/mol. The van der Waals surface area contributed by atoms with Gasteiger partial charge in [-0.3, -0.25) is 9.78 Å². The maximum atomic E-state index is 11.8. The van der Waals surface area contributed by atoms with Crippen molar-refractivity contribution in [1.29, 1.82) is 0 Å². The molecule has 0 atom stereocenters. The van der Waals surface area contributed by atoms with Crippen LogP contribution >= 0.6 is 11.6 Å². The molecule has 20 heavy (non-hydrogen) atoms. The van der Waals surface area contributed by atoms with Crippen molar-refractivity contribution in [2.45, 2.75) is 20.3 Å². The second kappa shape index (κ2) is 5.92. The lowest BCUT2D eigenvalue weighted by molar-refractivity contribution is 1.00. The van der Waals surface area contributed by atoms with E-state index in [4.69, 9.17) is 17.3 Å². The lowest BCUT2D eigenvalue weighted by Gasteiger charge is -2.05. The van der Waals surface area contributed by atoms with Gasteiger partial charge in [0.15, 0.2) is 0 Å². The molecule has 0 aliphatic carbocycles. The Morgan fingerprint density at radius 1 is 1.50 bits per heavy atom. The van der Waals surface area contributed by atoms with Crippen LogP contribution in [0.4, 0.5) is 5.95 Å². The molecule has 5 heteroatoms. The second-order valence-electron chi connectivity index (χ2n) is 4.62. The first kappa shape index (κ1) is 14.3. The third-order valence-corrected chi connectivity index (χ3v) is 3.37. The van der Waals surface area contributed by atoms with Crippen LogP contribution in [0, 0.1) is 6.92 Å². The minimum absolute atomic E-state index is 0.145. The highest BCUT2D eigenvalue weighted by Gasteiger charge is 2.06. The molecule has 0 aliphatic rings. The molecule has 0 bridgehead atoms. The fourth-order valence-electron chi connectivity index (χ4n) is 1.98. The molecule has 0 saturated carbocycles. The molecule has 4 nitrogen and oxygen atoms in total. The fraction of sp³-hybridized carbons (Fsp3) is 0.200. The second-order valence-corrected chi connectivity index (χ2v) is 5.05. The molecule has 0 spiro atoms. The molecule has 0 saturated heterocycles. The number of nitrogens with one attached hydrogen (secondary N) is 1. The van der Waals surface area contributed by atoms with Gasteiger partial charge >= 0.3 is 0 Å². The summed E-state index contributed by atoms with van der Waals surface area (Å²) < 4.78 is 0. The average Bonchev–Trinajstić information content (AvgIpc) is 2.37. The first-order valence-electron chi connectivity index (χ1n) is 6.25. The highest BCUT2D eigenvalue weighted by molar-refractivity contribution is 6.30. The van der Waals surface area contributed by atoms with Crippen LogP contribution < -0.4 is 11.3 Å². The largest absolute Gasteiger partial charge is 0.369 e. The summed E-state index contributed by atoms with van der Waals surface area (Å²) in [5.41, 5.74) is 8.68. The van der Waals surface area contributed by atoms with Crippen LogP contribution in [0.5, 0.6) is 0 Å². The molecule has 2 aromatic rings. The summed E-state index contributed by atoms with van der Waals surface area (Å²) in [6, 6.07) is 7.61. The summed E-state index contributed by atoms with van der Waals surface area (Å²) in [5, 5.41) is 0.693. The van der Waals surface area contributed by atoms with Crippen molar-refractivity contribution in [3.8, 4) is 0 Å². The minimum atomic E-state index is -0.190. The highest BCUT2D eigenvalue weighted by atomic mass is 35.5. The van der Waals surface area contributed by atoms with Crippen LogP contribution in [0.25, 0.3) is 5.57 Å². The summed E-state index contributed by atoms with van der Waals surface area (Å²) in [6.07, 6.45) is 2.49. The number of allylic oxidation sites excluding steroid dienone is 2. The third-order valence-electron chi connectivity index (χ3n) is 3.13. The van der Waals surface area contributed by atoms with Gasteiger partial charge in [-0.05, 0) is 43.5 Å². The molecular weight excluding hydrogens is 274 g/mol. The SMILES string of the molecule is C/C(=C\Cc1c(C)nc(N)[nH]c1=O)c1cccc(Cl)c1. The van der Waals surface area contributed by atoms with Gasteiger partial charge in [-0.2, -0.15) is 0 Å². The smallest absolute Gasteiger partial charge is 0.256 e. The standard InChI is InChI=1S/C15H16ClN3O/c1-9(11-4-3-5-12(16)8-11)6-7-13-10(2)18-15(17)19-14(13)20/h3-6,8H,7H2,1-2H3,(H3,17,18,19,20)/b9-6+. The Bertz CT molecular complexity index is 719. The maximum Gasteiger partial charge on any atom is 0.256 e. The van der Waals surface area contributed by atoms with Crippen LogP contribution in [-0.4, -0.2) is 9.97 Å². The van der Waals surface area contributed by atoms with Crippen molar-refractivity contribution in [2.24, 2.45) is 0 Å². The van der Waals surface area contributed by atoms with Gasteiger partial charge in [0.2, 0.25) is 5.95 Å². The molecule has 1 aromatic heterocycles. The van der Waals surface area contributed by atoms with Crippen LogP contribution in [0.15, 0.2) is 35.1 Å². The van der Waals surface area contributed by atoms with Gasteiger partial charge in [0, 0.05) is 10.6 Å². The van der Waals surface area contributed by atoms with Gasteiger partial charge in [0.25, 0.3) is 5.56 Å². The van der Waals surface area contributed by atoms with E-state index < -0.39 is 0 Å². The number of hydrogen-bond acceptors (Lipinski definition) is 3. The molecule has 0 aliphatic heterocycles. The van der Waals surface area contributed by atoms with Crippen LogP contribution in [0.1, 0.15) is 23.7 Å². The topological polar surface area (TPSA) is 71.8 Å². The predicted octanol–water partition coefficient (Wildman–Crippen LogP) is 2.96. The van der Waals surface area contributed by atoms with Crippen LogP contribution in [0.2, 0.25) is 5.02 Å². The number of halogens is 1. The average molecular weight is 290 g/mol. The first-order chi connectivity index (χ1) is 9.47. The molecule has 0 fully saturated rings. The lowest BCUT2D eigenvalue weighted by Crippen LogP contribution is -2.18. The number of nitrogens with zero attached hydrogens (tertiary/aromatic N) is 1. The number of hydrogen-bond donors (Lipinski definition) is 2. The number of nitrogen functional groups attached to an aromatic ring is 1. The first-order valence-corrected chi connectivity index (χ1v) is 6.63. The Hall–Kier alpha value is -2.07. The van der Waals surface area contributed by atoms with Crippen molar-refractivity contribution in [3.05, 3.63) is 62.5 Å². The molecule has 0 amide bonds. The number of nitrogens with two attached hydrogens (primary N) is 1. The maximum absolute atomic E-state index is 11.8. The molecule has 104 valence electrons. The van der Waals surface area contributed by atoms with Crippen molar-refractivity contribution in [3.63, 3.8) is 0 Å². The highest BCUT2D eigenvalue weighted by Crippen LogP contribution is 2.19. The summed E-state index contributed by atoms with van der Waals surface area (Å²) in [5.74, 6) is 0.145. The number of rotatable bonds is 3. The zero-order valence-electron chi connectivity index (χ0n) is 11.4. The summed E-state index contributed by atoms with van der Waals surface area (Å²) in [4.78, 5) is 18.4. The van der Waals surface area contributed by atoms with Gasteiger partial charge in [-0.1, -0.05) is 29.8 Å². The molecule has 0 unspecified atom stereocenters. The van der Waals surface area contributed by atoms with Gasteiger partial charge in [-0.15, -0.1) is 0 Å². The number of benzene rings is 1. The Morgan fingerprint density at radius 3 is 2.90 bits per heavy atom. The van der Waals surface area contributed by atoms with Crippen molar-refractivity contribution < 1.29 is 0 Å². The minimum Gasteiger partial charge on any atom is -0.369 e. The third kappa shape index (κ3) is 3.27. The normalized spacial score (nSPS) is 11.7. The lowest BCUT2D eigenvalue weighted by atomic mass is 10.0. The van der Waals surface area contributed by atoms with E-state index in [9.17, 15) is 4.79 Å². The zero-order valence-corrected chi connectivity index (χ0v) is 12.2. The van der Waals surface area contributed by atoms with Gasteiger partial charge in [0.05, 0.1) is 5.69 Å². The Balaban J connectivity index is 2.28. The number of H-pyrrole nitrogens is 1. The van der Waals surface area contributed by atoms with E-state index in [1.807, 2.05) is 37.3 Å². The molecular formula is C15H16ClN3O. The van der Waals surface area contributed by atoms with Gasteiger partial charge in [0.1, 0.15) is 0 Å². The van der Waals surface area contributed by atoms with E-state index in [2.05, 4.69) is 9.97 Å². The molecule has 1 heterocycles. The fourth-order valence-corrected chi connectivity index (χ4v) is 2.17. The number of aryl methyl sites for hydroxylation is 1. The van der Waals surface area contributed by atoms with Crippen molar-refractivity contribution in [1.82, 2.24) is 9.97 Å². The van der Waals surface area contributed by atoms with Crippen molar-refractivity contribution >= 4 is 23.1 Å². The van der Waals surface area contributed by atoms with Crippen LogP contribution in [-0.2, 0) is 6.42 Å².